The van der Waals surface area contributed by atoms with E-state index in [2.05, 4.69) is 69.3 Å². The Labute approximate surface area is 249 Å². The molecule has 4 aliphatic rings. The molecular formula is C36H52O4P+. The van der Waals surface area contributed by atoms with Crippen molar-refractivity contribution in [3.05, 3.63) is 60.7 Å². The Bertz CT molecular complexity index is 1090. The first-order chi connectivity index (χ1) is 19.7. The SMILES string of the molecule is C[C@H](CCCO[P+](=O)O)C1CC[C@H]2C3CC[C@@H]4C[C@H](O)CC[C@]4(C)C3CC[C@]12C.c1ccc(-c2ccccc2)cc1. The zero-order chi connectivity index (χ0) is 29.0. The molecule has 2 N–H and O–H groups in total. The molecule has 0 radical (unpaired) electrons. The fourth-order valence-electron chi connectivity index (χ4n) is 10.2. The number of fused-ring (bicyclic) bond motifs is 5. The predicted molar refractivity (Wildman–Crippen MR) is 167 cm³/mol. The van der Waals surface area contributed by atoms with Gasteiger partial charge in [0, 0.05) is 4.57 Å². The lowest BCUT2D eigenvalue weighted by Gasteiger charge is -2.61. The van der Waals surface area contributed by atoms with E-state index in [0.29, 0.717) is 23.4 Å². The maximum Gasteiger partial charge on any atom is 0.694 e. The largest absolute Gasteiger partial charge is 0.694 e. The fourth-order valence-corrected chi connectivity index (χ4v) is 10.5. The summed E-state index contributed by atoms with van der Waals surface area (Å²) in [6, 6.07) is 20.8. The first-order valence-corrected chi connectivity index (χ1v) is 17.4. The van der Waals surface area contributed by atoms with Gasteiger partial charge in [0.05, 0.1) is 6.10 Å². The van der Waals surface area contributed by atoms with Gasteiger partial charge in [0.2, 0.25) is 0 Å². The summed E-state index contributed by atoms with van der Waals surface area (Å²) < 4.78 is 15.6. The van der Waals surface area contributed by atoms with Crippen LogP contribution in [0, 0.1) is 46.3 Å². The molecule has 4 saturated carbocycles. The lowest BCUT2D eigenvalue weighted by molar-refractivity contribution is -0.129. The molecule has 2 aromatic carbocycles. The molecule has 6 rings (SSSR count). The highest BCUT2D eigenvalue weighted by Crippen LogP contribution is 2.68. The van der Waals surface area contributed by atoms with E-state index in [-0.39, 0.29) is 6.10 Å². The molecule has 2 aromatic rings. The van der Waals surface area contributed by atoms with Crippen molar-refractivity contribution in [1.29, 1.82) is 0 Å². The summed E-state index contributed by atoms with van der Waals surface area (Å²) >= 11 is 0. The van der Waals surface area contributed by atoms with Crippen molar-refractivity contribution in [2.75, 3.05) is 6.61 Å². The predicted octanol–water partition coefficient (Wildman–Crippen LogP) is 9.44. The molecule has 10 atom stereocenters. The van der Waals surface area contributed by atoms with Crippen molar-refractivity contribution in [3.63, 3.8) is 0 Å². The fraction of sp³-hybridized carbons (Fsp3) is 0.667. The van der Waals surface area contributed by atoms with Crippen LogP contribution in [0.1, 0.15) is 91.4 Å². The van der Waals surface area contributed by atoms with E-state index in [9.17, 15) is 9.67 Å². The Balaban J connectivity index is 0.000000234. The van der Waals surface area contributed by atoms with Crippen LogP contribution in [0.5, 0.6) is 0 Å². The summed E-state index contributed by atoms with van der Waals surface area (Å²) in [5.74, 6) is 4.83. The Kier molecular flexibility index (Phi) is 10.1. The standard InChI is InChI=1S/C24H41O4P.C12H10/c1-16(5-4-14-28-29(26)27)20-8-9-21-19-7-6-17-15-18(25)10-12-23(17,2)22(19)11-13-24(20,21)3;1-3-7-11(8-4-1)12-9-5-2-6-10-12/h16-22,25H,4-15H2,1-3H3;1-10H/p+1/t16-,17-,18-,19?,20?,21+,22?,23+,24-;/m1./s1. The van der Waals surface area contributed by atoms with Crippen molar-refractivity contribution in [3.8, 4) is 11.1 Å². The number of rotatable bonds is 7. The second-order valence-electron chi connectivity index (χ2n) is 14.2. The van der Waals surface area contributed by atoms with E-state index >= 15 is 0 Å². The van der Waals surface area contributed by atoms with Crippen molar-refractivity contribution in [1.82, 2.24) is 0 Å². The quantitative estimate of drug-likeness (QED) is 0.253. The molecule has 0 aromatic heterocycles. The van der Waals surface area contributed by atoms with Crippen LogP contribution in [0.2, 0.25) is 0 Å². The molecule has 4 nitrogen and oxygen atoms in total. The number of hydrogen-bond donors (Lipinski definition) is 2. The molecule has 0 spiro atoms. The molecule has 41 heavy (non-hydrogen) atoms. The van der Waals surface area contributed by atoms with Crippen LogP contribution in [0.4, 0.5) is 0 Å². The van der Waals surface area contributed by atoms with Crippen molar-refractivity contribution < 1.29 is 19.1 Å². The van der Waals surface area contributed by atoms with Crippen LogP contribution in [0.15, 0.2) is 60.7 Å². The molecule has 0 aliphatic heterocycles. The second kappa shape index (κ2) is 13.4. The summed E-state index contributed by atoms with van der Waals surface area (Å²) in [5, 5.41) is 10.2. The van der Waals surface area contributed by atoms with Gasteiger partial charge in [-0.2, -0.15) is 0 Å². The van der Waals surface area contributed by atoms with E-state index in [1.54, 1.807) is 0 Å². The topological polar surface area (TPSA) is 66.8 Å². The van der Waals surface area contributed by atoms with Gasteiger partial charge in [-0.1, -0.05) is 81.4 Å². The Hall–Kier alpha value is -1.58. The van der Waals surface area contributed by atoms with Crippen LogP contribution < -0.4 is 0 Å². The molecule has 0 amide bonds. The maximum absolute atomic E-state index is 10.7. The monoisotopic (exact) mass is 579 g/mol. The summed E-state index contributed by atoms with van der Waals surface area (Å²) in [4.78, 5) is 8.83. The first-order valence-electron chi connectivity index (χ1n) is 16.3. The van der Waals surface area contributed by atoms with Crippen LogP contribution >= 0.6 is 8.25 Å². The van der Waals surface area contributed by atoms with E-state index in [4.69, 9.17) is 9.42 Å². The Morgan fingerprint density at radius 2 is 1.46 bits per heavy atom. The minimum Gasteiger partial charge on any atom is -0.393 e. The summed E-state index contributed by atoms with van der Waals surface area (Å²) in [7, 11) is -2.45. The van der Waals surface area contributed by atoms with Gasteiger partial charge in [0.25, 0.3) is 0 Å². The number of aliphatic hydroxyl groups excluding tert-OH is 1. The van der Waals surface area contributed by atoms with E-state index in [1.807, 2.05) is 12.1 Å². The zero-order valence-electron chi connectivity index (χ0n) is 25.5. The molecule has 4 unspecified atom stereocenters. The van der Waals surface area contributed by atoms with E-state index in [1.165, 1.54) is 56.1 Å². The highest BCUT2D eigenvalue weighted by atomic mass is 31.1. The molecule has 224 valence electrons. The third-order valence-electron chi connectivity index (χ3n) is 12.3. The Morgan fingerprint density at radius 3 is 2.10 bits per heavy atom. The molecule has 0 saturated heterocycles. The lowest BCUT2D eigenvalue weighted by Crippen LogP contribution is -2.54. The maximum atomic E-state index is 10.7. The van der Waals surface area contributed by atoms with Gasteiger partial charge in [-0.25, -0.2) is 0 Å². The average Bonchev–Trinajstić information content (AvgIpc) is 3.34. The summed E-state index contributed by atoms with van der Waals surface area (Å²) in [6.45, 7) is 7.98. The second-order valence-corrected chi connectivity index (χ2v) is 15.0. The first kappa shape index (κ1) is 30.9. The third-order valence-corrected chi connectivity index (χ3v) is 12.7. The van der Waals surface area contributed by atoms with Crippen molar-refractivity contribution >= 4 is 8.25 Å². The smallest absolute Gasteiger partial charge is 0.393 e. The summed E-state index contributed by atoms with van der Waals surface area (Å²) in [5.41, 5.74) is 3.49. The molecule has 0 bridgehead atoms. The molecule has 0 heterocycles. The van der Waals surface area contributed by atoms with Crippen LogP contribution in [0.25, 0.3) is 11.1 Å². The highest BCUT2D eigenvalue weighted by molar-refractivity contribution is 7.32. The van der Waals surface area contributed by atoms with Gasteiger partial charge in [0.15, 0.2) is 0 Å². The highest BCUT2D eigenvalue weighted by Gasteiger charge is 2.60. The normalized spacial score (nSPS) is 37.0. The van der Waals surface area contributed by atoms with Crippen molar-refractivity contribution in [2.24, 2.45) is 46.3 Å². The third kappa shape index (κ3) is 6.67. The van der Waals surface area contributed by atoms with Gasteiger partial charge in [-0.15, -0.1) is 9.42 Å². The van der Waals surface area contributed by atoms with Crippen LogP contribution in [-0.4, -0.2) is 22.7 Å². The van der Waals surface area contributed by atoms with Gasteiger partial charge in [0.1, 0.15) is 6.61 Å². The lowest BCUT2D eigenvalue weighted by atomic mass is 9.44. The van der Waals surface area contributed by atoms with E-state index in [0.717, 1.165) is 55.3 Å². The van der Waals surface area contributed by atoms with E-state index < -0.39 is 8.25 Å². The molecule has 4 aliphatic carbocycles. The minimum atomic E-state index is -2.45. The number of benzene rings is 2. The van der Waals surface area contributed by atoms with Gasteiger partial charge >= 0.3 is 8.25 Å². The van der Waals surface area contributed by atoms with Crippen molar-refractivity contribution in [2.45, 2.75) is 97.5 Å². The van der Waals surface area contributed by atoms with Crippen LogP contribution in [0.3, 0.4) is 0 Å². The minimum absolute atomic E-state index is 0.0526. The zero-order valence-corrected chi connectivity index (χ0v) is 26.4. The molecule has 4 fully saturated rings. The van der Waals surface area contributed by atoms with Gasteiger partial charge in [-0.05, 0) is 128 Å². The van der Waals surface area contributed by atoms with Gasteiger partial charge < -0.3 is 5.11 Å². The molecular weight excluding hydrogens is 527 g/mol. The average molecular weight is 580 g/mol. The van der Waals surface area contributed by atoms with Crippen LogP contribution in [-0.2, 0) is 9.09 Å². The number of hydrogen-bond acceptors (Lipinski definition) is 3. The number of aliphatic hydroxyl groups is 1. The molecule has 5 heteroatoms. The Morgan fingerprint density at radius 1 is 0.854 bits per heavy atom. The summed E-state index contributed by atoms with van der Waals surface area (Å²) in [6.07, 6.45) is 13.5. The van der Waals surface area contributed by atoms with Gasteiger partial charge in [-0.3, -0.25) is 0 Å².